The second-order valence-corrected chi connectivity index (χ2v) is 9.63. The summed E-state index contributed by atoms with van der Waals surface area (Å²) in [4.78, 5) is 33.8. The first-order valence-electron chi connectivity index (χ1n) is 12.7. The fraction of sp³-hybridized carbons (Fsp3) is 0.577. The van der Waals surface area contributed by atoms with Gasteiger partial charge in [0, 0.05) is 50.8 Å². The molecule has 0 unspecified atom stereocenters. The standard InChI is InChI=1S/C26H35N5O3.ClH/c1-3-18-15-23-21(24-22(25(32)28-23)17-27-31(24)19-7-6-8-19)16-20(18)26(33)30-12-10-29(11-13-30)9-4-5-14-34-2;/h15-17,19H,3-14H2,1-2H3,(H,28,32);1H. The van der Waals surface area contributed by atoms with Crippen LogP contribution in [-0.4, -0.2) is 76.9 Å². The van der Waals surface area contributed by atoms with Crippen LogP contribution in [0.3, 0.4) is 0 Å². The van der Waals surface area contributed by atoms with Crippen molar-refractivity contribution in [3.05, 3.63) is 39.8 Å². The van der Waals surface area contributed by atoms with Gasteiger partial charge in [-0.1, -0.05) is 6.92 Å². The maximum absolute atomic E-state index is 13.7. The quantitative estimate of drug-likeness (QED) is 0.475. The summed E-state index contributed by atoms with van der Waals surface area (Å²) in [5.41, 5.74) is 3.26. The molecule has 3 heterocycles. The largest absolute Gasteiger partial charge is 0.385 e. The van der Waals surface area contributed by atoms with Crippen LogP contribution in [0, 0.1) is 0 Å². The number of pyridine rings is 1. The van der Waals surface area contributed by atoms with E-state index in [1.165, 1.54) is 6.42 Å². The lowest BCUT2D eigenvalue weighted by Gasteiger charge is -2.35. The van der Waals surface area contributed by atoms with E-state index in [4.69, 9.17) is 4.74 Å². The molecule has 1 saturated carbocycles. The number of carbonyl (C=O) groups excluding carboxylic acids is 1. The van der Waals surface area contributed by atoms with Crippen molar-refractivity contribution in [1.82, 2.24) is 24.6 Å². The molecule has 1 N–H and O–H groups in total. The Bertz CT molecular complexity index is 1240. The van der Waals surface area contributed by atoms with Gasteiger partial charge >= 0.3 is 0 Å². The minimum Gasteiger partial charge on any atom is -0.385 e. The highest BCUT2D eigenvalue weighted by molar-refractivity contribution is 6.07. The number of piperazine rings is 1. The Labute approximate surface area is 212 Å². The molecule has 1 amide bonds. The second kappa shape index (κ2) is 11.1. The number of ether oxygens (including phenoxy) is 1. The summed E-state index contributed by atoms with van der Waals surface area (Å²) in [6.45, 7) is 7.21. The van der Waals surface area contributed by atoms with Crippen molar-refractivity contribution < 1.29 is 9.53 Å². The van der Waals surface area contributed by atoms with E-state index in [0.29, 0.717) is 11.4 Å². The number of aromatic nitrogens is 3. The van der Waals surface area contributed by atoms with Gasteiger partial charge in [-0.15, -0.1) is 12.4 Å². The van der Waals surface area contributed by atoms with E-state index in [9.17, 15) is 9.59 Å². The summed E-state index contributed by atoms with van der Waals surface area (Å²) in [5.74, 6) is 0.0897. The smallest absolute Gasteiger partial charge is 0.259 e. The first-order valence-corrected chi connectivity index (χ1v) is 12.7. The minimum atomic E-state index is -0.115. The number of H-pyrrole nitrogens is 1. The van der Waals surface area contributed by atoms with Crippen molar-refractivity contribution in [1.29, 1.82) is 0 Å². The Hall–Kier alpha value is -2.42. The molecule has 9 heteroatoms. The normalized spacial score (nSPS) is 17.0. The number of hydrogen-bond acceptors (Lipinski definition) is 5. The van der Waals surface area contributed by atoms with Crippen LogP contribution < -0.4 is 5.56 Å². The number of methoxy groups -OCH3 is 1. The van der Waals surface area contributed by atoms with E-state index < -0.39 is 0 Å². The van der Waals surface area contributed by atoms with Crippen LogP contribution in [0.1, 0.15) is 61.0 Å². The number of aryl methyl sites for hydroxylation is 1. The predicted octanol–water partition coefficient (Wildman–Crippen LogP) is 3.77. The number of nitrogens with zero attached hydrogens (tertiary/aromatic N) is 4. The first-order chi connectivity index (χ1) is 16.6. The number of fused-ring (bicyclic) bond motifs is 3. The van der Waals surface area contributed by atoms with Gasteiger partial charge in [-0.2, -0.15) is 5.10 Å². The zero-order valence-corrected chi connectivity index (χ0v) is 21.5. The average molecular weight is 502 g/mol. The molecule has 3 aromatic rings. The van der Waals surface area contributed by atoms with Crippen molar-refractivity contribution in [2.24, 2.45) is 0 Å². The van der Waals surface area contributed by atoms with Gasteiger partial charge in [0.2, 0.25) is 0 Å². The molecule has 2 aromatic heterocycles. The summed E-state index contributed by atoms with van der Waals surface area (Å²) >= 11 is 0. The van der Waals surface area contributed by atoms with Gasteiger partial charge in [-0.05, 0) is 62.8 Å². The Morgan fingerprint density at radius 2 is 1.91 bits per heavy atom. The van der Waals surface area contributed by atoms with E-state index in [1.54, 1.807) is 13.3 Å². The van der Waals surface area contributed by atoms with Gasteiger partial charge < -0.3 is 14.6 Å². The lowest BCUT2D eigenvalue weighted by molar-refractivity contribution is 0.0631. The summed E-state index contributed by atoms with van der Waals surface area (Å²) < 4.78 is 7.16. The minimum absolute atomic E-state index is 0. The van der Waals surface area contributed by atoms with E-state index in [1.807, 2.05) is 21.7 Å². The molecule has 2 aliphatic rings. The van der Waals surface area contributed by atoms with Gasteiger partial charge in [0.15, 0.2) is 0 Å². The lowest BCUT2D eigenvalue weighted by Crippen LogP contribution is -2.49. The highest BCUT2D eigenvalue weighted by Gasteiger charge is 2.27. The number of rotatable bonds is 8. The number of halogens is 1. The molecule has 2 fully saturated rings. The maximum Gasteiger partial charge on any atom is 0.259 e. The molecular formula is C26H36ClN5O3. The topological polar surface area (TPSA) is 83.5 Å². The number of amides is 1. The fourth-order valence-electron chi connectivity index (χ4n) is 5.26. The van der Waals surface area contributed by atoms with Gasteiger partial charge in [-0.3, -0.25) is 19.2 Å². The molecule has 1 aliphatic heterocycles. The Kier molecular flexibility index (Phi) is 8.14. The summed E-state index contributed by atoms with van der Waals surface area (Å²) in [5, 5.41) is 6.08. The van der Waals surface area contributed by atoms with Crippen molar-refractivity contribution in [3.63, 3.8) is 0 Å². The molecule has 1 aliphatic carbocycles. The number of aromatic amines is 1. The first kappa shape index (κ1) is 25.7. The van der Waals surface area contributed by atoms with E-state index in [-0.39, 0.29) is 23.9 Å². The van der Waals surface area contributed by atoms with Crippen LogP contribution in [0.5, 0.6) is 0 Å². The van der Waals surface area contributed by atoms with Crippen LogP contribution >= 0.6 is 12.4 Å². The third-order valence-corrected chi connectivity index (χ3v) is 7.55. The number of carbonyl (C=O) groups is 1. The third kappa shape index (κ3) is 4.97. The lowest BCUT2D eigenvalue weighted by atomic mass is 9.93. The zero-order valence-electron chi connectivity index (χ0n) is 20.7. The number of nitrogens with one attached hydrogen (secondary N) is 1. The van der Waals surface area contributed by atoms with Crippen LogP contribution in [0.25, 0.3) is 21.8 Å². The highest BCUT2D eigenvalue weighted by Crippen LogP contribution is 2.35. The molecule has 1 aromatic carbocycles. The predicted molar refractivity (Wildman–Crippen MR) is 141 cm³/mol. The molecule has 8 nitrogen and oxygen atoms in total. The molecule has 190 valence electrons. The SMILES string of the molecule is CCc1cc2[nH]c(=O)c3cnn(C4CCC4)c3c2cc1C(=O)N1CCN(CCCCOC)CC1.Cl. The third-order valence-electron chi connectivity index (χ3n) is 7.55. The van der Waals surface area contributed by atoms with Gasteiger partial charge in [-0.25, -0.2) is 0 Å². The van der Waals surface area contributed by atoms with Crippen LogP contribution in [-0.2, 0) is 11.2 Å². The molecule has 5 rings (SSSR count). The molecular weight excluding hydrogens is 466 g/mol. The monoisotopic (exact) mass is 501 g/mol. The van der Waals surface area contributed by atoms with Crippen molar-refractivity contribution >= 4 is 40.1 Å². The highest BCUT2D eigenvalue weighted by atomic mass is 35.5. The Balaban J connectivity index is 0.00000289. The maximum atomic E-state index is 13.7. The number of hydrogen-bond donors (Lipinski definition) is 1. The van der Waals surface area contributed by atoms with E-state index in [0.717, 1.165) is 99.0 Å². The number of unbranched alkanes of at least 4 members (excludes halogenated alkanes) is 1. The average Bonchev–Trinajstić information content (AvgIpc) is 3.25. The summed E-state index contributed by atoms with van der Waals surface area (Å²) in [6.07, 6.45) is 7.95. The Morgan fingerprint density at radius 1 is 1.14 bits per heavy atom. The molecule has 1 saturated heterocycles. The van der Waals surface area contributed by atoms with Crippen LogP contribution in [0.2, 0.25) is 0 Å². The molecule has 0 spiro atoms. The molecule has 0 bridgehead atoms. The Morgan fingerprint density at radius 3 is 2.57 bits per heavy atom. The van der Waals surface area contributed by atoms with Gasteiger partial charge in [0.05, 0.1) is 28.7 Å². The fourth-order valence-corrected chi connectivity index (χ4v) is 5.26. The zero-order chi connectivity index (χ0) is 23.7. The van der Waals surface area contributed by atoms with E-state index in [2.05, 4.69) is 21.9 Å². The summed E-state index contributed by atoms with van der Waals surface area (Å²) in [6, 6.07) is 4.33. The van der Waals surface area contributed by atoms with Gasteiger partial charge in [0.25, 0.3) is 11.5 Å². The van der Waals surface area contributed by atoms with Crippen molar-refractivity contribution in [2.45, 2.75) is 51.5 Å². The van der Waals surface area contributed by atoms with Gasteiger partial charge in [0.1, 0.15) is 0 Å². The molecule has 0 radical (unpaired) electrons. The molecule has 0 atom stereocenters. The van der Waals surface area contributed by atoms with Crippen molar-refractivity contribution in [3.8, 4) is 0 Å². The molecule has 35 heavy (non-hydrogen) atoms. The summed E-state index contributed by atoms with van der Waals surface area (Å²) in [7, 11) is 1.74. The van der Waals surface area contributed by atoms with Crippen LogP contribution in [0.15, 0.2) is 23.1 Å². The van der Waals surface area contributed by atoms with Crippen LogP contribution in [0.4, 0.5) is 0 Å². The van der Waals surface area contributed by atoms with Crippen molar-refractivity contribution in [2.75, 3.05) is 46.4 Å². The second-order valence-electron chi connectivity index (χ2n) is 9.63. The number of benzene rings is 1. The van der Waals surface area contributed by atoms with E-state index >= 15 is 0 Å².